The van der Waals surface area contributed by atoms with E-state index in [1.807, 2.05) is 6.07 Å². The summed E-state index contributed by atoms with van der Waals surface area (Å²) < 4.78 is 10.4. The highest BCUT2D eigenvalue weighted by atomic mass is 32.1. The van der Waals surface area contributed by atoms with Gasteiger partial charge in [-0.05, 0) is 18.2 Å². The summed E-state index contributed by atoms with van der Waals surface area (Å²) in [6, 6.07) is 5.44. The lowest BCUT2D eigenvalue weighted by molar-refractivity contribution is 0.1000. The third kappa shape index (κ3) is 2.28. The summed E-state index contributed by atoms with van der Waals surface area (Å²) >= 11 is 1.22. The Labute approximate surface area is 108 Å². The first-order valence-corrected chi connectivity index (χ1v) is 6.01. The quantitative estimate of drug-likeness (QED) is 0.915. The maximum Gasteiger partial charge on any atom is 0.277 e. The number of nitrogens with two attached hydrogens (primary N) is 1. The molecule has 1 aromatic carbocycles. The molecule has 18 heavy (non-hydrogen) atoms. The number of methoxy groups -OCH3 is 2. The van der Waals surface area contributed by atoms with Crippen molar-refractivity contribution >= 4 is 17.2 Å². The average Bonchev–Trinajstić information content (AvgIpc) is 2.87. The smallest absolute Gasteiger partial charge is 0.277 e. The summed E-state index contributed by atoms with van der Waals surface area (Å²) in [5.41, 5.74) is 6.70. The Morgan fingerprint density at radius 3 is 2.56 bits per heavy atom. The third-order valence-electron chi connectivity index (χ3n) is 2.39. The molecule has 0 radical (unpaired) electrons. The molecule has 0 spiro atoms. The fourth-order valence-corrected chi connectivity index (χ4v) is 2.19. The standard InChI is InChI=1S/C12H12N2O3S/c1-16-9-4-3-7(5-10(9)17-2)8-6-18-12(14-8)11(13)15/h3-6H,1-2H3,(H2,13,15). The molecule has 0 aliphatic carbocycles. The van der Waals surface area contributed by atoms with Gasteiger partial charge in [0.1, 0.15) is 0 Å². The first-order chi connectivity index (χ1) is 8.65. The van der Waals surface area contributed by atoms with Crippen molar-refractivity contribution in [2.75, 3.05) is 14.2 Å². The van der Waals surface area contributed by atoms with Crippen molar-refractivity contribution in [3.8, 4) is 22.8 Å². The molecule has 0 saturated carbocycles. The highest BCUT2D eigenvalue weighted by molar-refractivity contribution is 7.12. The zero-order valence-electron chi connectivity index (χ0n) is 9.97. The first kappa shape index (κ1) is 12.4. The number of amides is 1. The summed E-state index contributed by atoms with van der Waals surface area (Å²) in [6.45, 7) is 0. The molecule has 5 nitrogen and oxygen atoms in total. The molecular formula is C12H12N2O3S. The monoisotopic (exact) mass is 264 g/mol. The van der Waals surface area contributed by atoms with Crippen LogP contribution in [0.15, 0.2) is 23.6 Å². The number of aromatic nitrogens is 1. The Kier molecular flexibility index (Phi) is 3.47. The molecule has 0 saturated heterocycles. The minimum Gasteiger partial charge on any atom is -0.493 e. The normalized spacial score (nSPS) is 10.1. The lowest BCUT2D eigenvalue weighted by Crippen LogP contribution is -2.10. The van der Waals surface area contributed by atoms with Gasteiger partial charge in [-0.15, -0.1) is 11.3 Å². The zero-order valence-corrected chi connectivity index (χ0v) is 10.8. The van der Waals surface area contributed by atoms with E-state index >= 15 is 0 Å². The molecule has 2 rings (SSSR count). The zero-order chi connectivity index (χ0) is 13.1. The molecule has 2 N–H and O–H groups in total. The second-order valence-corrected chi connectivity index (χ2v) is 4.33. The van der Waals surface area contributed by atoms with Gasteiger partial charge in [0.15, 0.2) is 16.5 Å². The Bertz CT molecular complexity index is 580. The van der Waals surface area contributed by atoms with Crippen molar-refractivity contribution < 1.29 is 14.3 Å². The van der Waals surface area contributed by atoms with Crippen molar-refractivity contribution in [2.45, 2.75) is 0 Å². The predicted molar refractivity (Wildman–Crippen MR) is 69.2 cm³/mol. The topological polar surface area (TPSA) is 74.4 Å². The number of carbonyl (C=O) groups excluding carboxylic acids is 1. The number of primary amides is 1. The second kappa shape index (κ2) is 5.05. The van der Waals surface area contributed by atoms with E-state index in [0.29, 0.717) is 22.2 Å². The molecule has 1 aromatic heterocycles. The minimum absolute atomic E-state index is 0.291. The van der Waals surface area contributed by atoms with Crippen LogP contribution in [0.4, 0.5) is 0 Å². The van der Waals surface area contributed by atoms with Gasteiger partial charge in [-0.1, -0.05) is 0 Å². The summed E-state index contributed by atoms with van der Waals surface area (Å²) in [5.74, 6) is 0.738. The molecular weight excluding hydrogens is 252 g/mol. The summed E-state index contributed by atoms with van der Waals surface area (Å²) in [4.78, 5) is 15.2. The Hall–Kier alpha value is -2.08. The largest absolute Gasteiger partial charge is 0.493 e. The van der Waals surface area contributed by atoms with Crippen molar-refractivity contribution in [1.29, 1.82) is 0 Å². The molecule has 0 aliphatic rings. The van der Waals surface area contributed by atoms with Crippen LogP contribution >= 0.6 is 11.3 Å². The van der Waals surface area contributed by atoms with Gasteiger partial charge < -0.3 is 15.2 Å². The number of nitrogens with zero attached hydrogens (tertiary/aromatic N) is 1. The summed E-state index contributed by atoms with van der Waals surface area (Å²) in [5, 5.41) is 2.07. The molecule has 1 heterocycles. The molecule has 0 unspecified atom stereocenters. The molecule has 0 bridgehead atoms. The van der Waals surface area contributed by atoms with Gasteiger partial charge in [0, 0.05) is 10.9 Å². The van der Waals surface area contributed by atoms with Crippen LogP contribution in [0.1, 0.15) is 9.80 Å². The van der Waals surface area contributed by atoms with Crippen LogP contribution in [0, 0.1) is 0 Å². The van der Waals surface area contributed by atoms with E-state index in [4.69, 9.17) is 15.2 Å². The van der Waals surface area contributed by atoms with E-state index in [1.165, 1.54) is 11.3 Å². The van der Waals surface area contributed by atoms with Crippen molar-refractivity contribution in [2.24, 2.45) is 5.73 Å². The minimum atomic E-state index is -0.522. The predicted octanol–water partition coefficient (Wildman–Crippen LogP) is 1.93. The van der Waals surface area contributed by atoms with Gasteiger partial charge in [0.25, 0.3) is 5.91 Å². The number of thiazole rings is 1. The number of hydrogen-bond acceptors (Lipinski definition) is 5. The molecule has 2 aromatic rings. The molecule has 6 heteroatoms. The Balaban J connectivity index is 2.41. The van der Waals surface area contributed by atoms with Crippen molar-refractivity contribution in [3.05, 3.63) is 28.6 Å². The fraction of sp³-hybridized carbons (Fsp3) is 0.167. The van der Waals surface area contributed by atoms with Gasteiger partial charge in [-0.25, -0.2) is 4.98 Å². The fourth-order valence-electron chi connectivity index (χ4n) is 1.52. The Morgan fingerprint density at radius 2 is 2.00 bits per heavy atom. The average molecular weight is 264 g/mol. The van der Waals surface area contributed by atoms with Gasteiger partial charge >= 0.3 is 0 Å². The number of ether oxygens (including phenoxy) is 2. The van der Waals surface area contributed by atoms with Crippen LogP contribution < -0.4 is 15.2 Å². The third-order valence-corrected chi connectivity index (χ3v) is 3.25. The van der Waals surface area contributed by atoms with Crippen molar-refractivity contribution in [1.82, 2.24) is 4.98 Å². The van der Waals surface area contributed by atoms with E-state index in [0.717, 1.165) is 5.56 Å². The molecule has 1 amide bonds. The van der Waals surface area contributed by atoms with Crippen LogP contribution in [-0.2, 0) is 0 Å². The number of rotatable bonds is 4. The molecule has 0 atom stereocenters. The number of benzene rings is 1. The lowest BCUT2D eigenvalue weighted by atomic mass is 10.1. The maximum absolute atomic E-state index is 11.0. The van der Waals surface area contributed by atoms with Crippen LogP contribution in [0.5, 0.6) is 11.5 Å². The maximum atomic E-state index is 11.0. The number of hydrogen-bond donors (Lipinski definition) is 1. The van der Waals surface area contributed by atoms with E-state index in [2.05, 4.69) is 4.98 Å². The van der Waals surface area contributed by atoms with Crippen LogP contribution in [0.25, 0.3) is 11.3 Å². The van der Waals surface area contributed by atoms with E-state index in [-0.39, 0.29) is 0 Å². The van der Waals surface area contributed by atoms with E-state index < -0.39 is 5.91 Å². The molecule has 94 valence electrons. The first-order valence-electron chi connectivity index (χ1n) is 5.13. The van der Waals surface area contributed by atoms with Gasteiger partial charge in [0.2, 0.25) is 0 Å². The van der Waals surface area contributed by atoms with E-state index in [9.17, 15) is 4.79 Å². The van der Waals surface area contributed by atoms with Crippen molar-refractivity contribution in [3.63, 3.8) is 0 Å². The van der Waals surface area contributed by atoms with Crippen LogP contribution in [0.2, 0.25) is 0 Å². The van der Waals surface area contributed by atoms with E-state index in [1.54, 1.807) is 31.7 Å². The van der Waals surface area contributed by atoms with Gasteiger partial charge in [-0.3, -0.25) is 4.79 Å². The second-order valence-electron chi connectivity index (χ2n) is 3.47. The Morgan fingerprint density at radius 1 is 1.28 bits per heavy atom. The van der Waals surface area contributed by atoms with Gasteiger partial charge in [0.05, 0.1) is 19.9 Å². The van der Waals surface area contributed by atoms with Crippen LogP contribution in [-0.4, -0.2) is 25.1 Å². The SMILES string of the molecule is COc1ccc(-c2csc(C(N)=O)n2)cc1OC. The molecule has 0 aliphatic heterocycles. The van der Waals surface area contributed by atoms with Crippen LogP contribution in [0.3, 0.4) is 0 Å². The number of carbonyl (C=O) groups is 1. The highest BCUT2D eigenvalue weighted by Crippen LogP contribution is 2.32. The van der Waals surface area contributed by atoms with Gasteiger partial charge in [-0.2, -0.15) is 0 Å². The summed E-state index contributed by atoms with van der Waals surface area (Å²) in [6.07, 6.45) is 0. The summed E-state index contributed by atoms with van der Waals surface area (Å²) in [7, 11) is 3.14. The highest BCUT2D eigenvalue weighted by Gasteiger charge is 2.11. The molecule has 0 fully saturated rings. The lowest BCUT2D eigenvalue weighted by Gasteiger charge is -2.08.